The zero-order valence-electron chi connectivity index (χ0n) is 5.43. The molecule has 4 nitrogen and oxygen atoms in total. The minimum absolute atomic E-state index is 0.0363. The molecule has 0 aliphatic heterocycles. The van der Waals surface area contributed by atoms with Gasteiger partial charge < -0.3 is 0 Å². The van der Waals surface area contributed by atoms with Gasteiger partial charge in [0.1, 0.15) is 12.9 Å². The standard InChI is InChI=1S/C5H10O4P/c1-3-5-9-10(6,7)8-4-2/h3-4,6-7H,1-2,5H2/q+1. The van der Waals surface area contributed by atoms with Crippen LogP contribution in [0.2, 0.25) is 0 Å². The Hall–Kier alpha value is -0.410. The van der Waals surface area contributed by atoms with Crippen molar-refractivity contribution in [2.75, 3.05) is 6.61 Å². The van der Waals surface area contributed by atoms with Crippen LogP contribution in [0.5, 0.6) is 0 Å². The molecule has 0 aromatic heterocycles. The van der Waals surface area contributed by atoms with Gasteiger partial charge >= 0.3 is 8.17 Å². The molecule has 5 heteroatoms. The van der Waals surface area contributed by atoms with Gasteiger partial charge in [0.15, 0.2) is 0 Å². The number of hydrogen-bond acceptors (Lipinski definition) is 4. The largest absolute Gasteiger partial charge is 0.616 e. The first-order chi connectivity index (χ1) is 4.62. The summed E-state index contributed by atoms with van der Waals surface area (Å²) in [5, 5.41) is 0. The highest BCUT2D eigenvalue weighted by atomic mass is 31.2. The minimum atomic E-state index is -3.65. The Labute approximate surface area is 60.1 Å². The summed E-state index contributed by atoms with van der Waals surface area (Å²) in [5.41, 5.74) is 0. The predicted octanol–water partition coefficient (Wildman–Crippen LogP) is 1.01. The van der Waals surface area contributed by atoms with E-state index in [0.29, 0.717) is 0 Å². The molecule has 0 aliphatic rings. The lowest BCUT2D eigenvalue weighted by Gasteiger charge is -2.04. The fraction of sp³-hybridized carbons (Fsp3) is 0.200. The van der Waals surface area contributed by atoms with Crippen molar-refractivity contribution in [2.45, 2.75) is 0 Å². The van der Waals surface area contributed by atoms with Crippen molar-refractivity contribution in [3.8, 4) is 0 Å². The van der Waals surface area contributed by atoms with Gasteiger partial charge in [-0.25, -0.2) is 0 Å². The third kappa shape index (κ3) is 4.47. The molecule has 0 aromatic carbocycles. The normalized spacial score (nSPS) is 10.6. The Morgan fingerprint density at radius 3 is 2.40 bits per heavy atom. The smallest absolute Gasteiger partial charge is 0.269 e. The molecule has 0 bridgehead atoms. The van der Waals surface area contributed by atoms with Crippen molar-refractivity contribution < 1.29 is 18.8 Å². The molecule has 58 valence electrons. The number of hydrogen-bond donors (Lipinski definition) is 2. The van der Waals surface area contributed by atoms with Crippen LogP contribution in [-0.4, -0.2) is 16.4 Å². The fourth-order valence-corrected chi connectivity index (χ4v) is 0.832. The van der Waals surface area contributed by atoms with Crippen LogP contribution in [0.4, 0.5) is 0 Å². The lowest BCUT2D eigenvalue weighted by molar-refractivity contribution is 0.166. The molecule has 0 unspecified atom stereocenters. The first-order valence-corrected chi connectivity index (χ1v) is 4.04. The highest BCUT2D eigenvalue weighted by Gasteiger charge is 2.38. The Bertz CT molecular complexity index is 123. The van der Waals surface area contributed by atoms with Crippen LogP contribution in [0, 0.1) is 0 Å². The molecule has 0 spiro atoms. The van der Waals surface area contributed by atoms with Gasteiger partial charge in [-0.2, -0.15) is 9.79 Å². The lowest BCUT2D eigenvalue weighted by atomic mass is 10.7. The van der Waals surface area contributed by atoms with Gasteiger partial charge in [-0.3, -0.25) is 4.52 Å². The average Bonchev–Trinajstić information content (AvgIpc) is 1.84. The third-order valence-corrected chi connectivity index (χ3v) is 1.48. The van der Waals surface area contributed by atoms with E-state index >= 15 is 0 Å². The second-order valence-electron chi connectivity index (χ2n) is 1.35. The monoisotopic (exact) mass is 165 g/mol. The zero-order chi connectivity index (χ0) is 8.04. The molecule has 0 aliphatic carbocycles. The van der Waals surface area contributed by atoms with Gasteiger partial charge in [0.25, 0.3) is 0 Å². The highest BCUT2D eigenvalue weighted by Crippen LogP contribution is 2.52. The topological polar surface area (TPSA) is 58.9 Å². The molecule has 0 radical (unpaired) electrons. The van der Waals surface area contributed by atoms with E-state index in [-0.39, 0.29) is 6.61 Å². The van der Waals surface area contributed by atoms with E-state index in [4.69, 9.17) is 9.79 Å². The predicted molar refractivity (Wildman–Crippen MR) is 38.8 cm³/mol. The Morgan fingerprint density at radius 1 is 1.40 bits per heavy atom. The second kappa shape index (κ2) is 4.41. The summed E-state index contributed by atoms with van der Waals surface area (Å²) < 4.78 is 8.68. The third-order valence-electron chi connectivity index (χ3n) is 0.572. The van der Waals surface area contributed by atoms with E-state index in [1.54, 1.807) is 0 Å². The van der Waals surface area contributed by atoms with E-state index < -0.39 is 8.17 Å². The maximum atomic E-state index is 8.75. The maximum Gasteiger partial charge on any atom is 0.616 e. The van der Waals surface area contributed by atoms with E-state index in [1.807, 2.05) is 0 Å². The minimum Gasteiger partial charge on any atom is -0.269 e. The zero-order valence-corrected chi connectivity index (χ0v) is 6.33. The fourth-order valence-electron chi connectivity index (χ4n) is 0.277. The quantitative estimate of drug-likeness (QED) is 0.362. The summed E-state index contributed by atoms with van der Waals surface area (Å²) in [6.07, 6.45) is 2.30. The molecule has 0 saturated heterocycles. The average molecular weight is 165 g/mol. The van der Waals surface area contributed by atoms with Crippen LogP contribution in [0.15, 0.2) is 25.5 Å². The summed E-state index contributed by atoms with van der Waals surface area (Å²) in [6, 6.07) is 0. The van der Waals surface area contributed by atoms with E-state index in [1.165, 1.54) is 6.08 Å². The van der Waals surface area contributed by atoms with Crippen LogP contribution in [0.3, 0.4) is 0 Å². The summed E-state index contributed by atoms with van der Waals surface area (Å²) in [4.78, 5) is 17.5. The summed E-state index contributed by atoms with van der Waals surface area (Å²) >= 11 is 0. The number of rotatable bonds is 5. The first kappa shape index (κ1) is 9.59. The van der Waals surface area contributed by atoms with Crippen LogP contribution in [0.1, 0.15) is 0 Å². The van der Waals surface area contributed by atoms with E-state index in [0.717, 1.165) is 6.26 Å². The van der Waals surface area contributed by atoms with Crippen molar-refractivity contribution in [3.05, 3.63) is 25.5 Å². The van der Waals surface area contributed by atoms with Crippen LogP contribution in [-0.2, 0) is 9.05 Å². The van der Waals surface area contributed by atoms with Crippen LogP contribution >= 0.6 is 8.17 Å². The molecular formula is C5H10O4P+. The van der Waals surface area contributed by atoms with Gasteiger partial charge in [0.2, 0.25) is 0 Å². The molecule has 0 aromatic rings. The highest BCUT2D eigenvalue weighted by molar-refractivity contribution is 7.54. The summed E-state index contributed by atoms with van der Waals surface area (Å²) in [7, 11) is -3.65. The molecule has 0 atom stereocenters. The van der Waals surface area contributed by atoms with Crippen molar-refractivity contribution >= 4 is 8.17 Å². The molecular weight excluding hydrogens is 155 g/mol. The first-order valence-electron chi connectivity index (χ1n) is 2.51. The molecule has 10 heavy (non-hydrogen) atoms. The van der Waals surface area contributed by atoms with Crippen molar-refractivity contribution in [3.63, 3.8) is 0 Å². The Balaban J connectivity index is 3.61. The van der Waals surface area contributed by atoms with E-state index in [9.17, 15) is 0 Å². The molecule has 0 rings (SSSR count). The van der Waals surface area contributed by atoms with Gasteiger partial charge in [-0.15, -0.1) is 11.1 Å². The molecule has 2 N–H and O–H groups in total. The van der Waals surface area contributed by atoms with Crippen LogP contribution < -0.4 is 0 Å². The van der Waals surface area contributed by atoms with Crippen molar-refractivity contribution in [2.24, 2.45) is 0 Å². The molecule has 0 heterocycles. The SMILES string of the molecule is C=CCO[P+](O)(O)OC=C. The van der Waals surface area contributed by atoms with Crippen molar-refractivity contribution in [1.82, 2.24) is 0 Å². The summed E-state index contributed by atoms with van der Waals surface area (Å²) in [5.74, 6) is 0. The second-order valence-corrected chi connectivity index (χ2v) is 2.80. The van der Waals surface area contributed by atoms with E-state index in [2.05, 4.69) is 22.2 Å². The molecule has 0 fully saturated rings. The van der Waals surface area contributed by atoms with Crippen LogP contribution in [0.25, 0.3) is 0 Å². The Kier molecular flexibility index (Phi) is 4.23. The Morgan fingerprint density at radius 2 is 2.00 bits per heavy atom. The van der Waals surface area contributed by atoms with Gasteiger partial charge in [0, 0.05) is 0 Å². The lowest BCUT2D eigenvalue weighted by Crippen LogP contribution is -1.97. The van der Waals surface area contributed by atoms with Crippen molar-refractivity contribution in [1.29, 1.82) is 0 Å². The summed E-state index contributed by atoms with van der Waals surface area (Å²) in [6.45, 7) is 6.48. The maximum absolute atomic E-state index is 8.75. The van der Waals surface area contributed by atoms with Gasteiger partial charge in [-0.05, 0) is 0 Å². The molecule has 0 saturated carbocycles. The van der Waals surface area contributed by atoms with Gasteiger partial charge in [-0.1, -0.05) is 12.7 Å². The molecule has 0 amide bonds. The van der Waals surface area contributed by atoms with Gasteiger partial charge in [0.05, 0.1) is 0 Å².